The minimum absolute atomic E-state index is 0.0186. The molecule has 0 aliphatic heterocycles. The van der Waals surface area contributed by atoms with Crippen LogP contribution in [0.2, 0.25) is 0 Å². The number of aromatic nitrogens is 2. The van der Waals surface area contributed by atoms with Crippen LogP contribution in [0.5, 0.6) is 0 Å². The van der Waals surface area contributed by atoms with Crippen molar-refractivity contribution >= 4 is 17.6 Å². The second-order valence-electron chi connectivity index (χ2n) is 7.13. The first-order chi connectivity index (χ1) is 11.3. The molecular formula is C18H22N4O2. The molecule has 1 aliphatic rings. The van der Waals surface area contributed by atoms with Crippen LogP contribution in [-0.2, 0) is 4.79 Å². The number of anilines is 1. The normalized spacial score (nSPS) is 14.3. The molecule has 0 atom stereocenters. The fourth-order valence-electron chi connectivity index (χ4n) is 2.33. The predicted molar refractivity (Wildman–Crippen MR) is 92.1 cm³/mol. The van der Waals surface area contributed by atoms with E-state index in [1.807, 2.05) is 51.1 Å². The molecule has 0 unspecified atom stereocenters. The fourth-order valence-corrected chi connectivity index (χ4v) is 2.33. The van der Waals surface area contributed by atoms with Crippen molar-refractivity contribution in [1.82, 2.24) is 15.1 Å². The molecule has 6 heteroatoms. The van der Waals surface area contributed by atoms with E-state index < -0.39 is 0 Å². The standard InChI is InChI=1S/C18H22N4O2/c1-18(2,3)20-17(24)14-11-15(19-16(23)12-9-10-12)22(21-14)13-7-5-4-6-8-13/h4-8,11-12H,9-10H2,1-3H3,(H,19,23)(H,20,24). The first kappa shape index (κ1) is 16.2. The third-order valence-corrected chi connectivity index (χ3v) is 3.63. The number of carbonyl (C=O) groups is 2. The molecule has 1 aliphatic carbocycles. The van der Waals surface area contributed by atoms with Crippen LogP contribution >= 0.6 is 0 Å². The van der Waals surface area contributed by atoms with Crippen molar-refractivity contribution < 1.29 is 9.59 Å². The Labute approximate surface area is 141 Å². The van der Waals surface area contributed by atoms with Gasteiger partial charge >= 0.3 is 0 Å². The Kier molecular flexibility index (Phi) is 4.13. The maximum atomic E-state index is 12.4. The number of rotatable bonds is 4. The van der Waals surface area contributed by atoms with Gasteiger partial charge in [0.1, 0.15) is 5.82 Å². The van der Waals surface area contributed by atoms with E-state index >= 15 is 0 Å². The lowest BCUT2D eigenvalue weighted by Gasteiger charge is -2.19. The third kappa shape index (κ3) is 3.82. The lowest BCUT2D eigenvalue weighted by molar-refractivity contribution is -0.117. The van der Waals surface area contributed by atoms with E-state index in [9.17, 15) is 9.59 Å². The lowest BCUT2D eigenvalue weighted by Crippen LogP contribution is -2.40. The first-order valence-electron chi connectivity index (χ1n) is 8.12. The largest absolute Gasteiger partial charge is 0.346 e. The van der Waals surface area contributed by atoms with Crippen molar-refractivity contribution in [2.45, 2.75) is 39.2 Å². The van der Waals surface area contributed by atoms with Crippen LogP contribution in [0.25, 0.3) is 5.69 Å². The van der Waals surface area contributed by atoms with Gasteiger partial charge in [0.05, 0.1) is 5.69 Å². The molecule has 0 bridgehead atoms. The summed E-state index contributed by atoms with van der Waals surface area (Å²) in [5.41, 5.74) is 0.712. The molecule has 2 aromatic rings. The van der Waals surface area contributed by atoms with Crippen molar-refractivity contribution in [3.8, 4) is 5.69 Å². The van der Waals surface area contributed by atoms with Gasteiger partial charge in [-0.3, -0.25) is 9.59 Å². The summed E-state index contributed by atoms with van der Waals surface area (Å²) < 4.78 is 1.60. The Hall–Kier alpha value is -2.63. The van der Waals surface area contributed by atoms with E-state index in [4.69, 9.17) is 0 Å². The van der Waals surface area contributed by atoms with Crippen molar-refractivity contribution in [3.05, 3.63) is 42.1 Å². The first-order valence-corrected chi connectivity index (χ1v) is 8.12. The Morgan fingerprint density at radius 3 is 2.42 bits per heavy atom. The van der Waals surface area contributed by atoms with Crippen molar-refractivity contribution in [3.63, 3.8) is 0 Å². The SMILES string of the molecule is CC(C)(C)NC(=O)c1cc(NC(=O)C2CC2)n(-c2ccccc2)n1. The average Bonchev–Trinajstić information content (AvgIpc) is 3.28. The van der Waals surface area contributed by atoms with E-state index in [2.05, 4.69) is 15.7 Å². The summed E-state index contributed by atoms with van der Waals surface area (Å²) in [6, 6.07) is 11.1. The summed E-state index contributed by atoms with van der Waals surface area (Å²) in [6.07, 6.45) is 1.84. The molecule has 24 heavy (non-hydrogen) atoms. The van der Waals surface area contributed by atoms with Crippen LogP contribution in [0.4, 0.5) is 5.82 Å². The highest BCUT2D eigenvalue weighted by Gasteiger charge is 2.31. The molecule has 126 valence electrons. The third-order valence-electron chi connectivity index (χ3n) is 3.63. The van der Waals surface area contributed by atoms with E-state index in [1.165, 1.54) is 0 Å². The molecule has 1 aromatic carbocycles. The number of carbonyl (C=O) groups excluding carboxylic acids is 2. The van der Waals surface area contributed by atoms with Crippen molar-refractivity contribution in [2.24, 2.45) is 5.92 Å². The molecule has 1 saturated carbocycles. The number of amides is 2. The number of benzene rings is 1. The molecule has 0 radical (unpaired) electrons. The van der Waals surface area contributed by atoms with Gasteiger partial charge in [0.2, 0.25) is 5.91 Å². The molecule has 6 nitrogen and oxygen atoms in total. The second-order valence-corrected chi connectivity index (χ2v) is 7.13. The van der Waals surface area contributed by atoms with E-state index in [0.717, 1.165) is 18.5 Å². The van der Waals surface area contributed by atoms with Crippen molar-refractivity contribution in [1.29, 1.82) is 0 Å². The van der Waals surface area contributed by atoms with Crippen LogP contribution in [0, 0.1) is 5.92 Å². The molecule has 2 amide bonds. The highest BCUT2D eigenvalue weighted by Crippen LogP contribution is 2.30. The van der Waals surface area contributed by atoms with Crippen molar-refractivity contribution in [2.75, 3.05) is 5.32 Å². The topological polar surface area (TPSA) is 76.0 Å². The Balaban J connectivity index is 1.92. The zero-order chi connectivity index (χ0) is 17.3. The summed E-state index contributed by atoms with van der Waals surface area (Å²) in [4.78, 5) is 24.5. The summed E-state index contributed by atoms with van der Waals surface area (Å²) in [7, 11) is 0. The molecule has 1 fully saturated rings. The molecular weight excluding hydrogens is 304 g/mol. The quantitative estimate of drug-likeness (QED) is 0.907. The zero-order valence-corrected chi connectivity index (χ0v) is 14.2. The fraction of sp³-hybridized carbons (Fsp3) is 0.389. The minimum atomic E-state index is -0.356. The predicted octanol–water partition coefficient (Wildman–Crippen LogP) is 2.75. The van der Waals surface area contributed by atoms with Crippen LogP contribution in [0.15, 0.2) is 36.4 Å². The molecule has 3 rings (SSSR count). The smallest absolute Gasteiger partial charge is 0.272 e. The van der Waals surface area contributed by atoms with Gasteiger partial charge in [0.25, 0.3) is 5.91 Å². The minimum Gasteiger partial charge on any atom is -0.346 e. The molecule has 0 spiro atoms. The van der Waals surface area contributed by atoms with Gasteiger partial charge in [0.15, 0.2) is 5.69 Å². The van der Waals surface area contributed by atoms with Gasteiger partial charge in [-0.2, -0.15) is 5.10 Å². The molecule has 1 heterocycles. The van der Waals surface area contributed by atoms with Crippen LogP contribution in [-0.4, -0.2) is 27.1 Å². The Morgan fingerprint density at radius 2 is 1.83 bits per heavy atom. The van der Waals surface area contributed by atoms with Gasteiger partial charge in [-0.05, 0) is 45.7 Å². The van der Waals surface area contributed by atoms with Gasteiger partial charge in [0, 0.05) is 17.5 Å². The summed E-state index contributed by atoms with van der Waals surface area (Å²) >= 11 is 0. The lowest BCUT2D eigenvalue weighted by atomic mass is 10.1. The van der Waals surface area contributed by atoms with Crippen LogP contribution in [0.1, 0.15) is 44.1 Å². The Morgan fingerprint density at radius 1 is 1.17 bits per heavy atom. The number of nitrogens with zero attached hydrogens (tertiary/aromatic N) is 2. The second kappa shape index (κ2) is 6.11. The highest BCUT2D eigenvalue weighted by atomic mass is 16.2. The maximum Gasteiger partial charge on any atom is 0.272 e. The van der Waals surface area contributed by atoms with Gasteiger partial charge in [-0.1, -0.05) is 18.2 Å². The molecule has 2 N–H and O–H groups in total. The van der Waals surface area contributed by atoms with E-state index in [1.54, 1.807) is 10.7 Å². The van der Waals surface area contributed by atoms with Crippen LogP contribution < -0.4 is 10.6 Å². The summed E-state index contributed by atoms with van der Waals surface area (Å²) in [5, 5.41) is 10.2. The molecule has 0 saturated heterocycles. The molecule has 1 aromatic heterocycles. The van der Waals surface area contributed by atoms with Gasteiger partial charge in [-0.15, -0.1) is 0 Å². The monoisotopic (exact) mass is 326 g/mol. The highest BCUT2D eigenvalue weighted by molar-refractivity contribution is 5.97. The summed E-state index contributed by atoms with van der Waals surface area (Å²) in [5.74, 6) is 0.307. The number of para-hydroxylation sites is 1. The van der Waals surface area contributed by atoms with Crippen LogP contribution in [0.3, 0.4) is 0 Å². The Bertz CT molecular complexity index is 755. The van der Waals surface area contributed by atoms with Gasteiger partial charge < -0.3 is 10.6 Å². The maximum absolute atomic E-state index is 12.4. The average molecular weight is 326 g/mol. The van der Waals surface area contributed by atoms with E-state index in [-0.39, 0.29) is 29.0 Å². The zero-order valence-electron chi connectivity index (χ0n) is 14.2. The number of hydrogen-bond donors (Lipinski definition) is 2. The number of hydrogen-bond acceptors (Lipinski definition) is 3. The number of nitrogens with one attached hydrogen (secondary N) is 2. The van der Waals surface area contributed by atoms with Gasteiger partial charge in [-0.25, -0.2) is 4.68 Å². The van der Waals surface area contributed by atoms with E-state index in [0.29, 0.717) is 5.82 Å². The summed E-state index contributed by atoms with van der Waals surface area (Å²) in [6.45, 7) is 5.73.